The lowest BCUT2D eigenvalue weighted by Crippen LogP contribution is -2.48. The predicted molar refractivity (Wildman–Crippen MR) is 68.7 cm³/mol. The number of hydrogen-bond donors (Lipinski definition) is 1. The Morgan fingerprint density at radius 3 is 2.78 bits per heavy atom. The molecule has 8 heteroatoms. The van der Waals surface area contributed by atoms with E-state index in [1.807, 2.05) is 4.72 Å². The number of carbonyl (C=O) groups excluding carboxylic acids is 1. The van der Waals surface area contributed by atoms with Gasteiger partial charge in [0.15, 0.2) is 0 Å². The van der Waals surface area contributed by atoms with Crippen molar-refractivity contribution in [1.82, 2.24) is 9.03 Å². The van der Waals surface area contributed by atoms with Crippen LogP contribution in [0.3, 0.4) is 0 Å². The molecule has 0 spiro atoms. The van der Waals surface area contributed by atoms with E-state index in [1.54, 1.807) is 13.8 Å². The highest BCUT2D eigenvalue weighted by atomic mass is 35.5. The standard InChI is InChI=1S/C10H19ClN2O4S/c1-8(2)17-10(14)12-18(15,16)13-5-3-4-9(6-11)7-13/h8-9H,3-7H2,1-2H3,(H,12,14). The van der Waals surface area contributed by atoms with Crippen LogP contribution in [0.1, 0.15) is 26.7 Å². The van der Waals surface area contributed by atoms with Gasteiger partial charge in [-0.1, -0.05) is 0 Å². The third-order valence-electron chi connectivity index (χ3n) is 2.59. The highest BCUT2D eigenvalue weighted by Gasteiger charge is 2.30. The van der Waals surface area contributed by atoms with E-state index >= 15 is 0 Å². The lowest BCUT2D eigenvalue weighted by molar-refractivity contribution is 0.120. The molecule has 106 valence electrons. The van der Waals surface area contributed by atoms with Crippen molar-refractivity contribution in [3.05, 3.63) is 0 Å². The fourth-order valence-electron chi connectivity index (χ4n) is 1.78. The number of hydrogen-bond acceptors (Lipinski definition) is 4. The first kappa shape index (κ1) is 15.5. The molecule has 6 nitrogen and oxygen atoms in total. The summed E-state index contributed by atoms with van der Waals surface area (Å²) in [6, 6.07) is 0. The topological polar surface area (TPSA) is 75.7 Å². The Bertz CT molecular complexity index is 385. The number of ether oxygens (including phenoxy) is 1. The van der Waals surface area contributed by atoms with Gasteiger partial charge in [0.1, 0.15) is 0 Å². The first-order valence-electron chi connectivity index (χ1n) is 5.89. The average molecular weight is 299 g/mol. The number of piperidine rings is 1. The summed E-state index contributed by atoms with van der Waals surface area (Å²) in [7, 11) is -3.82. The lowest BCUT2D eigenvalue weighted by Gasteiger charge is -2.30. The second kappa shape index (κ2) is 6.58. The number of halogens is 1. The van der Waals surface area contributed by atoms with Gasteiger partial charge in [0.2, 0.25) is 0 Å². The van der Waals surface area contributed by atoms with Crippen molar-refractivity contribution in [1.29, 1.82) is 0 Å². The number of nitrogens with zero attached hydrogens (tertiary/aromatic N) is 1. The molecule has 1 saturated heterocycles. The number of alkyl halides is 1. The van der Waals surface area contributed by atoms with Crippen molar-refractivity contribution < 1.29 is 17.9 Å². The van der Waals surface area contributed by atoms with Crippen molar-refractivity contribution in [2.24, 2.45) is 5.92 Å². The Labute approximate surface area is 113 Å². The molecule has 1 N–H and O–H groups in total. The Morgan fingerprint density at radius 2 is 2.22 bits per heavy atom. The summed E-state index contributed by atoms with van der Waals surface area (Å²) in [5.74, 6) is 0.556. The van der Waals surface area contributed by atoms with Gasteiger partial charge in [-0.2, -0.15) is 12.7 Å². The van der Waals surface area contributed by atoms with E-state index < -0.39 is 16.3 Å². The molecule has 0 aromatic heterocycles. The van der Waals surface area contributed by atoms with Gasteiger partial charge in [0.25, 0.3) is 0 Å². The second-order valence-electron chi connectivity index (χ2n) is 4.58. The third-order valence-corrected chi connectivity index (χ3v) is 4.47. The van der Waals surface area contributed by atoms with Crippen LogP contribution in [0, 0.1) is 5.92 Å². The summed E-state index contributed by atoms with van der Waals surface area (Å²) in [5, 5.41) is 0. The second-order valence-corrected chi connectivity index (χ2v) is 6.56. The highest BCUT2D eigenvalue weighted by Crippen LogP contribution is 2.19. The highest BCUT2D eigenvalue weighted by molar-refractivity contribution is 7.87. The van der Waals surface area contributed by atoms with Crippen LogP contribution in [0.5, 0.6) is 0 Å². The first-order valence-corrected chi connectivity index (χ1v) is 7.87. The Balaban J connectivity index is 2.60. The van der Waals surface area contributed by atoms with E-state index in [0.29, 0.717) is 19.0 Å². The van der Waals surface area contributed by atoms with Crippen LogP contribution in [-0.2, 0) is 14.9 Å². The van der Waals surface area contributed by atoms with Crippen molar-refractivity contribution in [3.63, 3.8) is 0 Å². The maximum atomic E-state index is 11.9. The normalized spacial score (nSPS) is 21.9. The minimum absolute atomic E-state index is 0.137. The van der Waals surface area contributed by atoms with Gasteiger partial charge in [0, 0.05) is 19.0 Å². The number of nitrogens with one attached hydrogen (secondary N) is 1. The fraction of sp³-hybridized carbons (Fsp3) is 0.900. The van der Waals surface area contributed by atoms with Crippen LogP contribution in [-0.4, -0.2) is 43.9 Å². The van der Waals surface area contributed by atoms with E-state index in [0.717, 1.165) is 12.8 Å². The van der Waals surface area contributed by atoms with E-state index in [-0.39, 0.29) is 12.0 Å². The largest absolute Gasteiger partial charge is 0.446 e. The van der Waals surface area contributed by atoms with Crippen LogP contribution in [0.15, 0.2) is 0 Å². The molecule has 0 saturated carbocycles. The molecule has 1 rings (SSSR count). The summed E-state index contributed by atoms with van der Waals surface area (Å²) < 4.78 is 31.7. The van der Waals surface area contributed by atoms with Crippen LogP contribution >= 0.6 is 11.6 Å². The maximum Gasteiger partial charge on any atom is 0.422 e. The molecule has 0 aliphatic carbocycles. The molecule has 0 aromatic rings. The van der Waals surface area contributed by atoms with E-state index in [9.17, 15) is 13.2 Å². The van der Waals surface area contributed by atoms with Crippen molar-refractivity contribution in [2.75, 3.05) is 19.0 Å². The quantitative estimate of drug-likeness (QED) is 0.794. The average Bonchev–Trinajstić information content (AvgIpc) is 2.27. The van der Waals surface area contributed by atoms with Crippen LogP contribution in [0.4, 0.5) is 4.79 Å². The molecule has 0 aromatic carbocycles. The summed E-state index contributed by atoms with van der Waals surface area (Å²) in [4.78, 5) is 11.3. The van der Waals surface area contributed by atoms with E-state index in [1.165, 1.54) is 4.31 Å². The molecule has 1 atom stereocenters. The summed E-state index contributed by atoms with van der Waals surface area (Å²) in [6.45, 7) is 4.04. The summed E-state index contributed by atoms with van der Waals surface area (Å²) >= 11 is 5.74. The molecule has 0 bridgehead atoms. The molecule has 1 unspecified atom stereocenters. The smallest absolute Gasteiger partial charge is 0.422 e. The van der Waals surface area contributed by atoms with Gasteiger partial charge in [0.05, 0.1) is 6.10 Å². The van der Waals surface area contributed by atoms with E-state index in [2.05, 4.69) is 0 Å². The Hall–Kier alpha value is -0.530. The minimum atomic E-state index is -3.82. The molecule has 1 heterocycles. The van der Waals surface area contributed by atoms with Gasteiger partial charge < -0.3 is 4.74 Å². The SMILES string of the molecule is CC(C)OC(=O)NS(=O)(=O)N1CCCC(CCl)C1. The molecule has 0 radical (unpaired) electrons. The summed E-state index contributed by atoms with van der Waals surface area (Å²) in [6.07, 6.45) is 0.346. The predicted octanol–water partition coefficient (Wildman–Crippen LogP) is 1.32. The maximum absolute atomic E-state index is 11.9. The third kappa shape index (κ3) is 4.62. The molecule has 1 amide bonds. The molecular formula is C10H19ClN2O4S. The molecular weight excluding hydrogens is 280 g/mol. The Kier molecular flexibility index (Phi) is 5.68. The molecule has 1 fully saturated rings. The van der Waals surface area contributed by atoms with Crippen LogP contribution in [0.25, 0.3) is 0 Å². The van der Waals surface area contributed by atoms with Crippen molar-refractivity contribution in [3.8, 4) is 0 Å². The van der Waals surface area contributed by atoms with Gasteiger partial charge >= 0.3 is 16.3 Å². The lowest BCUT2D eigenvalue weighted by atomic mass is 10.0. The van der Waals surface area contributed by atoms with Crippen LogP contribution in [0.2, 0.25) is 0 Å². The molecule has 18 heavy (non-hydrogen) atoms. The summed E-state index contributed by atoms with van der Waals surface area (Å²) in [5.41, 5.74) is 0. The first-order chi connectivity index (χ1) is 8.35. The monoisotopic (exact) mass is 298 g/mol. The van der Waals surface area contributed by atoms with Gasteiger partial charge in [-0.05, 0) is 32.6 Å². The van der Waals surface area contributed by atoms with Gasteiger partial charge in [-0.3, -0.25) is 0 Å². The molecule has 1 aliphatic heterocycles. The molecule has 1 aliphatic rings. The fourth-order valence-corrected chi connectivity index (χ4v) is 3.20. The zero-order chi connectivity index (χ0) is 13.8. The zero-order valence-corrected chi connectivity index (χ0v) is 12.1. The van der Waals surface area contributed by atoms with Crippen molar-refractivity contribution in [2.45, 2.75) is 32.8 Å². The van der Waals surface area contributed by atoms with Gasteiger partial charge in [-0.25, -0.2) is 9.52 Å². The Morgan fingerprint density at radius 1 is 1.56 bits per heavy atom. The minimum Gasteiger partial charge on any atom is -0.446 e. The number of carbonyl (C=O) groups is 1. The number of amides is 1. The van der Waals surface area contributed by atoms with Crippen LogP contribution < -0.4 is 4.72 Å². The zero-order valence-electron chi connectivity index (χ0n) is 10.6. The van der Waals surface area contributed by atoms with Crippen molar-refractivity contribution >= 4 is 27.9 Å². The number of rotatable bonds is 4. The van der Waals surface area contributed by atoms with E-state index in [4.69, 9.17) is 16.3 Å². The van der Waals surface area contributed by atoms with Gasteiger partial charge in [-0.15, -0.1) is 11.6 Å².